The van der Waals surface area contributed by atoms with Crippen LogP contribution in [0.4, 0.5) is 0 Å². The zero-order valence-electron chi connectivity index (χ0n) is 13.0. The number of benzene rings is 2. The Kier molecular flexibility index (Phi) is 4.74. The van der Waals surface area contributed by atoms with Crippen LogP contribution in [-0.4, -0.2) is 5.78 Å². The van der Waals surface area contributed by atoms with Crippen molar-refractivity contribution in [1.82, 2.24) is 0 Å². The second kappa shape index (κ2) is 6.53. The Labute approximate surface area is 127 Å². The van der Waals surface area contributed by atoms with Gasteiger partial charge in [0.25, 0.3) is 0 Å². The molecule has 1 heteroatoms. The van der Waals surface area contributed by atoms with Crippen LogP contribution in [0.5, 0.6) is 0 Å². The lowest BCUT2D eigenvalue weighted by Crippen LogP contribution is -2.32. The first-order valence-corrected chi connectivity index (χ1v) is 7.33. The molecule has 0 saturated heterocycles. The molecule has 0 heterocycles. The lowest BCUT2D eigenvalue weighted by Gasteiger charge is -2.28. The van der Waals surface area contributed by atoms with Crippen LogP contribution in [0.15, 0.2) is 72.3 Å². The third-order valence-corrected chi connectivity index (χ3v) is 3.87. The van der Waals surface area contributed by atoms with Gasteiger partial charge < -0.3 is 0 Å². The summed E-state index contributed by atoms with van der Waals surface area (Å²) in [5, 5.41) is 0. The van der Waals surface area contributed by atoms with Crippen LogP contribution in [0, 0.1) is 0 Å². The Bertz CT molecular complexity index is 621. The first-order valence-electron chi connectivity index (χ1n) is 7.33. The summed E-state index contributed by atoms with van der Waals surface area (Å²) in [5.74, 6) is 0.173. The maximum Gasteiger partial charge on any atom is 0.173 e. The third-order valence-electron chi connectivity index (χ3n) is 3.87. The molecule has 0 aliphatic rings. The van der Waals surface area contributed by atoms with E-state index in [0.29, 0.717) is 6.42 Å². The summed E-state index contributed by atoms with van der Waals surface area (Å²) in [6.07, 6.45) is 2.86. The smallest absolute Gasteiger partial charge is 0.173 e. The van der Waals surface area contributed by atoms with Crippen LogP contribution >= 0.6 is 0 Å². The fourth-order valence-electron chi connectivity index (χ4n) is 2.46. The highest BCUT2D eigenvalue weighted by atomic mass is 16.1. The molecule has 2 aromatic carbocycles. The third kappa shape index (κ3) is 3.49. The van der Waals surface area contributed by atoms with Crippen molar-refractivity contribution in [3.05, 3.63) is 83.4 Å². The van der Waals surface area contributed by atoms with Crippen molar-refractivity contribution in [2.75, 3.05) is 0 Å². The Hall–Kier alpha value is -2.15. The summed E-state index contributed by atoms with van der Waals surface area (Å²) < 4.78 is 0. The molecule has 2 rings (SSSR count). The first-order chi connectivity index (χ1) is 10.0. The maximum absolute atomic E-state index is 13.1. The largest absolute Gasteiger partial charge is 0.293 e. The van der Waals surface area contributed by atoms with E-state index in [0.717, 1.165) is 11.1 Å². The molecule has 0 aromatic heterocycles. The summed E-state index contributed by atoms with van der Waals surface area (Å²) in [6.45, 7) is 6.17. The van der Waals surface area contributed by atoms with Gasteiger partial charge in [0.05, 0.1) is 5.41 Å². The number of rotatable bonds is 5. The van der Waals surface area contributed by atoms with Gasteiger partial charge in [0.15, 0.2) is 5.78 Å². The van der Waals surface area contributed by atoms with Gasteiger partial charge in [0.1, 0.15) is 0 Å². The van der Waals surface area contributed by atoms with Crippen LogP contribution < -0.4 is 0 Å². The van der Waals surface area contributed by atoms with Gasteiger partial charge in [-0.25, -0.2) is 0 Å². The van der Waals surface area contributed by atoms with E-state index in [1.807, 2.05) is 67.6 Å². The Morgan fingerprint density at radius 1 is 0.952 bits per heavy atom. The minimum Gasteiger partial charge on any atom is -0.293 e. The molecule has 1 atom stereocenters. The molecule has 2 aromatic rings. The van der Waals surface area contributed by atoms with Crippen molar-refractivity contribution >= 4 is 5.78 Å². The van der Waals surface area contributed by atoms with E-state index in [2.05, 4.69) is 19.9 Å². The van der Waals surface area contributed by atoms with Crippen molar-refractivity contribution in [3.63, 3.8) is 0 Å². The highest BCUT2D eigenvalue weighted by Crippen LogP contribution is 2.32. The molecule has 0 N–H and O–H groups in total. The zero-order valence-corrected chi connectivity index (χ0v) is 13.0. The van der Waals surface area contributed by atoms with Gasteiger partial charge in [0, 0.05) is 5.56 Å². The molecule has 0 saturated carbocycles. The van der Waals surface area contributed by atoms with Gasteiger partial charge >= 0.3 is 0 Å². The predicted octanol–water partition coefficient (Wildman–Crippen LogP) is 5.18. The van der Waals surface area contributed by atoms with E-state index < -0.39 is 5.41 Å². The van der Waals surface area contributed by atoms with Gasteiger partial charge in [-0.1, -0.05) is 72.3 Å². The standard InChI is InChI=1S/C20H22O/c1-16(2)14-15-20(3,18-12-8-5-9-13-18)19(21)17-10-6-4-7-11-17/h4-14H,15H2,1-3H3. The van der Waals surface area contributed by atoms with Gasteiger partial charge in [-0.3, -0.25) is 4.79 Å². The minimum atomic E-state index is -0.528. The molecular formula is C20H22O. The summed E-state index contributed by atoms with van der Waals surface area (Å²) in [7, 11) is 0. The van der Waals surface area contributed by atoms with E-state index in [1.54, 1.807) is 0 Å². The molecule has 108 valence electrons. The molecule has 1 unspecified atom stereocenters. The molecule has 0 bridgehead atoms. The average Bonchev–Trinajstić information content (AvgIpc) is 2.53. The summed E-state index contributed by atoms with van der Waals surface area (Å²) >= 11 is 0. The van der Waals surface area contributed by atoms with Crippen molar-refractivity contribution in [2.24, 2.45) is 0 Å². The number of allylic oxidation sites excluding steroid dienone is 2. The molecule has 1 nitrogen and oxygen atoms in total. The van der Waals surface area contributed by atoms with Crippen LogP contribution in [0.3, 0.4) is 0 Å². The first kappa shape index (κ1) is 15.2. The van der Waals surface area contributed by atoms with E-state index in [9.17, 15) is 4.79 Å². The Morgan fingerprint density at radius 3 is 2.00 bits per heavy atom. The molecule has 0 spiro atoms. The molecule has 0 radical (unpaired) electrons. The van der Waals surface area contributed by atoms with Crippen LogP contribution in [0.25, 0.3) is 0 Å². The van der Waals surface area contributed by atoms with Crippen LogP contribution in [0.1, 0.15) is 43.1 Å². The number of ketones is 1. The monoisotopic (exact) mass is 278 g/mol. The fraction of sp³-hybridized carbons (Fsp3) is 0.250. The highest BCUT2D eigenvalue weighted by Gasteiger charge is 2.34. The number of Topliss-reactive ketones (excluding diaryl/α,β-unsaturated/α-hetero) is 1. The predicted molar refractivity (Wildman–Crippen MR) is 88.6 cm³/mol. The van der Waals surface area contributed by atoms with E-state index >= 15 is 0 Å². The van der Waals surface area contributed by atoms with Gasteiger partial charge in [-0.15, -0.1) is 0 Å². The number of hydrogen-bond acceptors (Lipinski definition) is 1. The number of carbonyl (C=O) groups excluding carboxylic acids is 1. The summed E-state index contributed by atoms with van der Waals surface area (Å²) in [4.78, 5) is 13.1. The molecule has 0 fully saturated rings. The van der Waals surface area contributed by atoms with E-state index in [4.69, 9.17) is 0 Å². The zero-order chi connectivity index (χ0) is 15.3. The van der Waals surface area contributed by atoms with Crippen molar-refractivity contribution in [3.8, 4) is 0 Å². The van der Waals surface area contributed by atoms with Crippen LogP contribution in [-0.2, 0) is 5.41 Å². The minimum absolute atomic E-state index is 0.173. The number of carbonyl (C=O) groups is 1. The van der Waals surface area contributed by atoms with Crippen LogP contribution in [0.2, 0.25) is 0 Å². The van der Waals surface area contributed by atoms with Crippen molar-refractivity contribution in [2.45, 2.75) is 32.6 Å². The lowest BCUT2D eigenvalue weighted by atomic mass is 9.73. The molecule has 0 aliphatic carbocycles. The van der Waals surface area contributed by atoms with Gasteiger partial charge in [-0.2, -0.15) is 0 Å². The molecular weight excluding hydrogens is 256 g/mol. The Morgan fingerprint density at radius 2 is 1.48 bits per heavy atom. The quantitative estimate of drug-likeness (QED) is 0.544. The van der Waals surface area contributed by atoms with E-state index in [-0.39, 0.29) is 5.78 Å². The summed E-state index contributed by atoms with van der Waals surface area (Å²) in [6, 6.07) is 19.6. The molecule has 21 heavy (non-hydrogen) atoms. The van der Waals surface area contributed by atoms with Crippen molar-refractivity contribution in [1.29, 1.82) is 0 Å². The van der Waals surface area contributed by atoms with Gasteiger partial charge in [-0.05, 0) is 32.8 Å². The highest BCUT2D eigenvalue weighted by molar-refractivity contribution is 6.04. The van der Waals surface area contributed by atoms with Crippen molar-refractivity contribution < 1.29 is 4.79 Å². The number of hydrogen-bond donors (Lipinski definition) is 0. The topological polar surface area (TPSA) is 17.1 Å². The summed E-state index contributed by atoms with van der Waals surface area (Å²) in [5.41, 5.74) is 2.54. The second-order valence-electron chi connectivity index (χ2n) is 5.88. The lowest BCUT2D eigenvalue weighted by molar-refractivity contribution is 0.0897. The molecule has 0 amide bonds. The normalized spacial score (nSPS) is 13.3. The Balaban J connectivity index is 2.46. The average molecular weight is 278 g/mol. The molecule has 0 aliphatic heterocycles. The SMILES string of the molecule is CC(C)=CCC(C)(C(=O)c1ccccc1)c1ccccc1. The van der Waals surface area contributed by atoms with Gasteiger partial charge in [0.2, 0.25) is 0 Å². The second-order valence-corrected chi connectivity index (χ2v) is 5.88. The van der Waals surface area contributed by atoms with E-state index in [1.165, 1.54) is 5.57 Å². The fourth-order valence-corrected chi connectivity index (χ4v) is 2.46. The maximum atomic E-state index is 13.1.